The highest BCUT2D eigenvalue weighted by atomic mass is 16.5. The summed E-state index contributed by atoms with van der Waals surface area (Å²) in [6.45, 7) is 1.79. The van der Waals surface area contributed by atoms with Gasteiger partial charge in [0, 0.05) is 11.9 Å². The quantitative estimate of drug-likeness (QED) is 0.749. The molecule has 9 nitrogen and oxygen atoms in total. The normalized spacial score (nSPS) is 13.5. The molecule has 2 aromatic rings. The molecular weight excluding hydrogens is 350 g/mol. The summed E-state index contributed by atoms with van der Waals surface area (Å²) < 4.78 is 11.3. The number of esters is 2. The molecule has 0 bridgehead atoms. The number of carbonyl (C=O) groups excluding carboxylic acids is 2. The van der Waals surface area contributed by atoms with Crippen molar-refractivity contribution in [3.63, 3.8) is 0 Å². The second-order valence-corrected chi connectivity index (χ2v) is 5.47. The largest absolute Gasteiger partial charge is 0.465 e. The number of anilines is 1. The third-order valence-corrected chi connectivity index (χ3v) is 3.89. The van der Waals surface area contributed by atoms with Crippen LogP contribution in [0.1, 0.15) is 5.82 Å². The lowest BCUT2D eigenvalue weighted by Gasteiger charge is -2.23. The van der Waals surface area contributed by atoms with Crippen LogP contribution >= 0.6 is 0 Å². The Morgan fingerprint density at radius 2 is 1.63 bits per heavy atom. The van der Waals surface area contributed by atoms with Crippen LogP contribution in [0.15, 0.2) is 60.0 Å². The number of nitrogens with zero attached hydrogens (tertiary/aromatic N) is 5. The maximum atomic E-state index is 12.4. The molecule has 0 atom stereocenters. The van der Waals surface area contributed by atoms with Gasteiger partial charge in [0.2, 0.25) is 0 Å². The molecule has 1 aromatic carbocycles. The van der Waals surface area contributed by atoms with Gasteiger partial charge in [-0.25, -0.2) is 9.59 Å². The molecule has 1 aliphatic heterocycles. The van der Waals surface area contributed by atoms with Crippen LogP contribution < -0.4 is 4.90 Å². The van der Waals surface area contributed by atoms with Crippen LogP contribution in [-0.4, -0.2) is 46.4 Å². The SMILES string of the molecule is COC(=O)C1=C(C(=O)OC)N(c2ccc(-n3nnnc3C)cc2)C=CC=C1. The van der Waals surface area contributed by atoms with Gasteiger partial charge in [0.15, 0.2) is 5.82 Å². The van der Waals surface area contributed by atoms with Crippen molar-refractivity contribution in [1.82, 2.24) is 20.2 Å². The van der Waals surface area contributed by atoms with Crippen LogP contribution in [0, 0.1) is 6.92 Å². The van der Waals surface area contributed by atoms with Crippen LogP contribution in [0.2, 0.25) is 0 Å². The third-order valence-electron chi connectivity index (χ3n) is 3.89. The summed E-state index contributed by atoms with van der Waals surface area (Å²) in [5.41, 5.74) is 1.55. The van der Waals surface area contributed by atoms with Crippen LogP contribution in [0.25, 0.3) is 5.69 Å². The Morgan fingerprint density at radius 1 is 0.963 bits per heavy atom. The van der Waals surface area contributed by atoms with E-state index >= 15 is 0 Å². The smallest absolute Gasteiger partial charge is 0.355 e. The van der Waals surface area contributed by atoms with Crippen LogP contribution in [-0.2, 0) is 19.1 Å². The van der Waals surface area contributed by atoms with E-state index in [4.69, 9.17) is 9.47 Å². The summed E-state index contributed by atoms with van der Waals surface area (Å²) in [4.78, 5) is 26.1. The third kappa shape index (κ3) is 3.47. The summed E-state index contributed by atoms with van der Waals surface area (Å²) in [5.74, 6) is -0.655. The van der Waals surface area contributed by atoms with Crippen molar-refractivity contribution in [3.8, 4) is 5.69 Å². The molecular formula is C18H17N5O4. The Labute approximate surface area is 155 Å². The summed E-state index contributed by atoms with van der Waals surface area (Å²) in [5, 5.41) is 11.4. The van der Waals surface area contributed by atoms with Gasteiger partial charge in [0.25, 0.3) is 0 Å². The van der Waals surface area contributed by atoms with Gasteiger partial charge in [-0.15, -0.1) is 5.10 Å². The molecule has 0 radical (unpaired) electrons. The maximum Gasteiger partial charge on any atom is 0.355 e. The summed E-state index contributed by atoms with van der Waals surface area (Å²) in [7, 11) is 2.51. The van der Waals surface area contributed by atoms with Gasteiger partial charge < -0.3 is 14.4 Å². The van der Waals surface area contributed by atoms with E-state index in [2.05, 4.69) is 15.5 Å². The first-order valence-corrected chi connectivity index (χ1v) is 7.97. The molecule has 0 saturated heterocycles. The molecule has 2 heterocycles. The van der Waals surface area contributed by atoms with Gasteiger partial charge in [0.1, 0.15) is 5.70 Å². The predicted octanol–water partition coefficient (Wildman–Crippen LogP) is 1.46. The Hall–Kier alpha value is -3.75. The second-order valence-electron chi connectivity index (χ2n) is 5.47. The highest BCUT2D eigenvalue weighted by molar-refractivity contribution is 6.05. The standard InChI is InChI=1S/C18H17N5O4/c1-12-19-20-21-23(12)14-9-7-13(8-10-14)22-11-5-4-6-15(17(24)26-2)16(22)18(25)27-3/h4-11H,1-3H3. The van der Waals surface area contributed by atoms with Crippen molar-refractivity contribution in [2.45, 2.75) is 6.92 Å². The zero-order valence-electron chi connectivity index (χ0n) is 15.0. The number of rotatable bonds is 4. The summed E-state index contributed by atoms with van der Waals surface area (Å²) in [6.07, 6.45) is 6.52. The number of benzene rings is 1. The number of carbonyl (C=O) groups is 2. The van der Waals surface area contributed by atoms with E-state index in [-0.39, 0.29) is 11.3 Å². The van der Waals surface area contributed by atoms with E-state index in [9.17, 15) is 9.59 Å². The number of allylic oxidation sites excluding steroid dienone is 2. The Kier molecular flexibility index (Phi) is 5.11. The van der Waals surface area contributed by atoms with E-state index < -0.39 is 11.9 Å². The highest BCUT2D eigenvalue weighted by Gasteiger charge is 2.27. The molecule has 27 heavy (non-hydrogen) atoms. The molecule has 0 amide bonds. The number of aromatic nitrogens is 4. The van der Waals surface area contributed by atoms with E-state index in [1.165, 1.54) is 20.3 Å². The van der Waals surface area contributed by atoms with Crippen molar-refractivity contribution in [1.29, 1.82) is 0 Å². The van der Waals surface area contributed by atoms with Gasteiger partial charge >= 0.3 is 11.9 Å². The molecule has 138 valence electrons. The fourth-order valence-corrected chi connectivity index (χ4v) is 2.59. The first kappa shape index (κ1) is 18.1. The van der Waals surface area contributed by atoms with Gasteiger partial charge in [-0.05, 0) is 53.8 Å². The number of hydrogen-bond acceptors (Lipinski definition) is 8. The lowest BCUT2D eigenvalue weighted by atomic mass is 10.1. The Balaban J connectivity index is 2.06. The lowest BCUT2D eigenvalue weighted by Crippen LogP contribution is -2.26. The van der Waals surface area contributed by atoms with Crippen molar-refractivity contribution >= 4 is 17.6 Å². The highest BCUT2D eigenvalue weighted by Crippen LogP contribution is 2.27. The number of ether oxygens (including phenoxy) is 2. The van der Waals surface area contributed by atoms with Crippen molar-refractivity contribution in [3.05, 3.63) is 65.8 Å². The van der Waals surface area contributed by atoms with Crippen LogP contribution in [0.4, 0.5) is 5.69 Å². The fraction of sp³-hybridized carbons (Fsp3) is 0.167. The molecule has 1 aliphatic rings. The molecule has 0 fully saturated rings. The Bertz CT molecular complexity index is 956. The van der Waals surface area contributed by atoms with Gasteiger partial charge in [-0.1, -0.05) is 6.08 Å². The summed E-state index contributed by atoms with van der Waals surface area (Å²) in [6, 6.07) is 7.17. The molecule has 0 unspecified atom stereocenters. The van der Waals surface area contributed by atoms with Crippen molar-refractivity contribution in [2.24, 2.45) is 0 Å². The Morgan fingerprint density at radius 3 is 2.22 bits per heavy atom. The molecule has 1 aromatic heterocycles. The zero-order valence-corrected chi connectivity index (χ0v) is 15.0. The molecule has 0 aliphatic carbocycles. The first-order valence-electron chi connectivity index (χ1n) is 7.97. The molecule has 0 spiro atoms. The van der Waals surface area contributed by atoms with Gasteiger partial charge in [-0.3, -0.25) is 0 Å². The monoisotopic (exact) mass is 367 g/mol. The lowest BCUT2D eigenvalue weighted by molar-refractivity contribution is -0.139. The van der Waals surface area contributed by atoms with Crippen molar-refractivity contribution in [2.75, 3.05) is 19.1 Å². The minimum Gasteiger partial charge on any atom is -0.465 e. The van der Waals surface area contributed by atoms with E-state index in [0.29, 0.717) is 11.5 Å². The topological polar surface area (TPSA) is 99.4 Å². The maximum absolute atomic E-state index is 12.4. The first-order chi connectivity index (χ1) is 13.1. The minimum absolute atomic E-state index is 0.0562. The zero-order chi connectivity index (χ0) is 19.4. The van der Waals surface area contributed by atoms with Gasteiger partial charge in [-0.2, -0.15) is 4.68 Å². The van der Waals surface area contributed by atoms with E-state index in [0.717, 1.165) is 5.69 Å². The summed E-state index contributed by atoms with van der Waals surface area (Å²) >= 11 is 0. The minimum atomic E-state index is -0.660. The predicted molar refractivity (Wildman–Crippen MR) is 95.7 cm³/mol. The average molecular weight is 367 g/mol. The average Bonchev–Trinajstić information content (AvgIpc) is 3.00. The number of aryl methyl sites for hydroxylation is 1. The molecule has 0 saturated carbocycles. The van der Waals surface area contributed by atoms with Crippen molar-refractivity contribution < 1.29 is 19.1 Å². The number of methoxy groups -OCH3 is 2. The molecule has 3 rings (SSSR count). The molecule has 9 heteroatoms. The second kappa shape index (κ2) is 7.65. The van der Waals surface area contributed by atoms with E-state index in [1.54, 1.807) is 59.1 Å². The molecule has 0 N–H and O–H groups in total. The van der Waals surface area contributed by atoms with Crippen LogP contribution in [0.5, 0.6) is 0 Å². The van der Waals surface area contributed by atoms with Crippen LogP contribution in [0.3, 0.4) is 0 Å². The number of hydrogen-bond donors (Lipinski definition) is 0. The fourth-order valence-electron chi connectivity index (χ4n) is 2.59. The van der Waals surface area contributed by atoms with Gasteiger partial charge in [0.05, 0.1) is 25.5 Å². The number of tetrazole rings is 1. The van der Waals surface area contributed by atoms with E-state index in [1.807, 2.05) is 0 Å².